The van der Waals surface area contributed by atoms with Crippen LogP contribution in [-0.4, -0.2) is 28.3 Å². The first kappa shape index (κ1) is 20.2. The molecule has 2 aromatic heterocycles. The number of rotatable bonds is 6. The molecule has 4 N–H and O–H groups in total. The summed E-state index contributed by atoms with van der Waals surface area (Å²) in [6.45, 7) is 0.242. The lowest BCUT2D eigenvalue weighted by Crippen LogP contribution is -2.32. The van der Waals surface area contributed by atoms with Crippen LogP contribution < -0.4 is 16.4 Å². The number of carbonyl (C=O) groups excluding carboxylic acids is 2. The molecule has 1 unspecified atom stereocenters. The van der Waals surface area contributed by atoms with Gasteiger partial charge in [-0.05, 0) is 41.3 Å². The van der Waals surface area contributed by atoms with E-state index in [4.69, 9.17) is 5.73 Å². The number of pyridine rings is 2. The van der Waals surface area contributed by atoms with Gasteiger partial charge in [0.15, 0.2) is 0 Å². The molecule has 0 aliphatic heterocycles. The highest BCUT2D eigenvalue weighted by molar-refractivity contribution is 6.05. The normalized spacial score (nSPS) is 11.6. The number of nitrogens with two attached hydrogens (primary N) is 1. The van der Waals surface area contributed by atoms with Crippen LogP contribution in [0.4, 0.5) is 5.69 Å². The number of aromatic nitrogens is 2. The molecule has 7 nitrogen and oxygen atoms in total. The minimum Gasteiger partial charge on any atom is -0.349 e. The Balaban J connectivity index is 1.38. The summed E-state index contributed by atoms with van der Waals surface area (Å²) in [5.41, 5.74) is 8.60. The van der Waals surface area contributed by atoms with E-state index in [9.17, 15) is 9.59 Å². The van der Waals surface area contributed by atoms with Gasteiger partial charge in [0.1, 0.15) is 5.69 Å². The molecule has 0 bridgehead atoms. The summed E-state index contributed by atoms with van der Waals surface area (Å²) >= 11 is 0. The second kappa shape index (κ2) is 9.15. The van der Waals surface area contributed by atoms with Crippen LogP contribution in [0.15, 0.2) is 85.3 Å². The Hall–Kier alpha value is -4.10. The molecule has 2 heterocycles. The summed E-state index contributed by atoms with van der Waals surface area (Å²) in [5, 5.41) is 7.40. The van der Waals surface area contributed by atoms with Gasteiger partial charge in [-0.1, -0.05) is 36.4 Å². The Kier molecular flexibility index (Phi) is 5.96. The average Bonchev–Trinajstić information content (AvgIpc) is 2.82. The van der Waals surface area contributed by atoms with Crippen molar-refractivity contribution in [3.05, 3.63) is 102 Å². The lowest BCUT2D eigenvalue weighted by molar-refractivity contribution is 0.0947. The minimum atomic E-state index is -0.420. The largest absolute Gasteiger partial charge is 0.349 e. The summed E-state index contributed by atoms with van der Waals surface area (Å²) in [4.78, 5) is 33.1. The van der Waals surface area contributed by atoms with Gasteiger partial charge in [-0.15, -0.1) is 0 Å². The molecular weight excluding hydrogens is 390 g/mol. The summed E-state index contributed by atoms with van der Waals surface area (Å²) in [5.74, 6) is -0.498. The maximum Gasteiger partial charge on any atom is 0.270 e. The molecule has 7 heteroatoms. The van der Waals surface area contributed by atoms with Crippen molar-refractivity contribution in [3.8, 4) is 0 Å². The van der Waals surface area contributed by atoms with Crippen LogP contribution in [-0.2, 0) is 0 Å². The maximum absolute atomic E-state index is 12.6. The molecule has 4 aromatic rings. The highest BCUT2D eigenvalue weighted by Crippen LogP contribution is 2.17. The summed E-state index contributed by atoms with van der Waals surface area (Å²) in [7, 11) is 0. The van der Waals surface area contributed by atoms with Gasteiger partial charge in [-0.25, -0.2) is 0 Å². The smallest absolute Gasteiger partial charge is 0.270 e. The van der Waals surface area contributed by atoms with Crippen molar-refractivity contribution in [2.45, 2.75) is 6.04 Å². The molecule has 31 heavy (non-hydrogen) atoms. The van der Waals surface area contributed by atoms with Crippen LogP contribution in [0, 0.1) is 0 Å². The van der Waals surface area contributed by atoms with Gasteiger partial charge >= 0.3 is 0 Å². The van der Waals surface area contributed by atoms with E-state index in [-0.39, 0.29) is 18.4 Å². The fourth-order valence-corrected chi connectivity index (χ4v) is 3.23. The van der Waals surface area contributed by atoms with Crippen LogP contribution in [0.25, 0.3) is 10.8 Å². The van der Waals surface area contributed by atoms with Crippen molar-refractivity contribution < 1.29 is 9.59 Å². The predicted molar refractivity (Wildman–Crippen MR) is 120 cm³/mol. The Bertz CT molecular complexity index is 1200. The summed E-state index contributed by atoms with van der Waals surface area (Å²) in [6.07, 6.45) is 4.84. The van der Waals surface area contributed by atoms with Crippen LogP contribution in [0.5, 0.6) is 0 Å². The summed E-state index contributed by atoms with van der Waals surface area (Å²) < 4.78 is 0. The number of hydrogen-bond acceptors (Lipinski definition) is 5. The van der Waals surface area contributed by atoms with Gasteiger partial charge in [0.05, 0.1) is 0 Å². The van der Waals surface area contributed by atoms with Crippen molar-refractivity contribution in [3.63, 3.8) is 0 Å². The lowest BCUT2D eigenvalue weighted by atomic mass is 10.0. The maximum atomic E-state index is 12.6. The minimum absolute atomic E-state index is 0.221. The third-order valence-corrected chi connectivity index (χ3v) is 4.91. The van der Waals surface area contributed by atoms with Gasteiger partial charge in [-0.3, -0.25) is 19.6 Å². The van der Waals surface area contributed by atoms with Gasteiger partial charge in [0, 0.05) is 47.8 Å². The molecule has 0 fully saturated rings. The zero-order valence-corrected chi connectivity index (χ0v) is 16.7. The van der Waals surface area contributed by atoms with Crippen molar-refractivity contribution in [1.29, 1.82) is 0 Å². The quantitative estimate of drug-likeness (QED) is 0.451. The van der Waals surface area contributed by atoms with Crippen molar-refractivity contribution in [2.75, 3.05) is 11.9 Å². The Morgan fingerprint density at radius 1 is 0.871 bits per heavy atom. The first-order valence-electron chi connectivity index (χ1n) is 9.81. The molecule has 0 saturated carbocycles. The zero-order chi connectivity index (χ0) is 21.6. The highest BCUT2D eigenvalue weighted by Gasteiger charge is 2.14. The number of hydrogen-bond donors (Lipinski definition) is 3. The van der Waals surface area contributed by atoms with E-state index in [1.165, 1.54) is 0 Å². The van der Waals surface area contributed by atoms with Crippen molar-refractivity contribution >= 4 is 28.3 Å². The van der Waals surface area contributed by atoms with Gasteiger partial charge in [0.25, 0.3) is 11.8 Å². The van der Waals surface area contributed by atoms with Crippen LogP contribution in [0.1, 0.15) is 32.5 Å². The zero-order valence-electron chi connectivity index (χ0n) is 16.7. The second-order valence-corrected chi connectivity index (χ2v) is 7.01. The van der Waals surface area contributed by atoms with Gasteiger partial charge < -0.3 is 16.4 Å². The molecule has 0 aliphatic carbocycles. The number of amides is 2. The third kappa shape index (κ3) is 4.73. The number of anilines is 1. The Labute approximate surface area is 179 Å². The topological polar surface area (TPSA) is 110 Å². The molecule has 154 valence electrons. The van der Waals surface area contributed by atoms with Crippen molar-refractivity contribution in [1.82, 2.24) is 15.3 Å². The van der Waals surface area contributed by atoms with E-state index in [1.54, 1.807) is 55.0 Å². The second-order valence-electron chi connectivity index (χ2n) is 7.01. The van der Waals surface area contributed by atoms with E-state index in [0.29, 0.717) is 16.9 Å². The van der Waals surface area contributed by atoms with Gasteiger partial charge in [-0.2, -0.15) is 0 Å². The fourth-order valence-electron chi connectivity index (χ4n) is 3.23. The number of fused-ring (bicyclic) bond motifs is 1. The van der Waals surface area contributed by atoms with Crippen molar-refractivity contribution in [2.24, 2.45) is 5.73 Å². The fraction of sp³-hybridized carbons (Fsp3) is 0.0833. The van der Waals surface area contributed by atoms with E-state index < -0.39 is 6.04 Å². The molecule has 0 saturated heterocycles. The molecule has 0 aliphatic rings. The lowest BCUT2D eigenvalue weighted by Gasteiger charge is -2.14. The number of nitrogens with one attached hydrogen (secondary N) is 2. The predicted octanol–water partition coefficient (Wildman–Crippen LogP) is 3.31. The third-order valence-electron chi connectivity index (χ3n) is 4.91. The monoisotopic (exact) mass is 411 g/mol. The van der Waals surface area contributed by atoms with E-state index in [0.717, 1.165) is 16.3 Å². The molecule has 4 rings (SSSR count). The van der Waals surface area contributed by atoms with Crippen LogP contribution >= 0.6 is 0 Å². The number of nitrogens with zero attached hydrogens (tertiary/aromatic N) is 2. The number of carbonyl (C=O) groups is 2. The van der Waals surface area contributed by atoms with Gasteiger partial charge in [0.2, 0.25) is 0 Å². The summed E-state index contributed by atoms with van der Waals surface area (Å²) in [6, 6.07) is 19.5. The SMILES string of the molecule is NC(CNC(=O)c1nccc2ccccc12)c1ccc(C(=O)Nc2ccncc2)cc1. The van der Waals surface area contributed by atoms with Crippen LogP contribution in [0.3, 0.4) is 0 Å². The van der Waals surface area contributed by atoms with E-state index in [2.05, 4.69) is 20.6 Å². The van der Waals surface area contributed by atoms with E-state index in [1.807, 2.05) is 30.3 Å². The average molecular weight is 411 g/mol. The van der Waals surface area contributed by atoms with E-state index >= 15 is 0 Å². The molecule has 2 aromatic carbocycles. The molecule has 1 atom stereocenters. The molecule has 0 radical (unpaired) electrons. The first-order valence-corrected chi connectivity index (χ1v) is 9.81. The standard InChI is InChI=1S/C24H21N5O2/c25-21(15-28-24(31)22-20-4-2-1-3-16(20)9-14-27-22)17-5-7-18(8-6-17)23(30)29-19-10-12-26-13-11-19/h1-14,21H,15,25H2,(H,28,31)(H,26,29,30). The number of benzene rings is 2. The Morgan fingerprint density at radius 3 is 2.39 bits per heavy atom. The molecule has 0 spiro atoms. The molecular formula is C24H21N5O2. The van der Waals surface area contributed by atoms with Crippen LogP contribution in [0.2, 0.25) is 0 Å². The Morgan fingerprint density at radius 2 is 1.61 bits per heavy atom. The highest BCUT2D eigenvalue weighted by atomic mass is 16.2. The molecule has 2 amide bonds. The first-order chi connectivity index (χ1) is 15.1.